The molecule has 2 atom stereocenters. The minimum absolute atomic E-state index is 0.0512. The Morgan fingerprint density at radius 2 is 2.26 bits per heavy atom. The second kappa shape index (κ2) is 6.74. The zero-order valence-corrected chi connectivity index (χ0v) is 12.1. The van der Waals surface area contributed by atoms with E-state index in [0.29, 0.717) is 6.42 Å². The van der Waals surface area contributed by atoms with Crippen molar-refractivity contribution >= 4 is 15.9 Å². The largest absolute Gasteiger partial charge is 0.378 e. The van der Waals surface area contributed by atoms with Gasteiger partial charge in [-0.25, -0.2) is 8.78 Å². The molecule has 1 saturated heterocycles. The molecule has 1 aromatic carbocycles. The predicted octanol–water partition coefficient (Wildman–Crippen LogP) is 2.67. The van der Waals surface area contributed by atoms with Crippen LogP contribution in [-0.4, -0.2) is 18.8 Å². The quantitative estimate of drug-likeness (QED) is 0.494. The van der Waals surface area contributed by atoms with Crippen LogP contribution in [0, 0.1) is 11.6 Å². The van der Waals surface area contributed by atoms with E-state index in [1.54, 1.807) is 0 Å². The van der Waals surface area contributed by atoms with Gasteiger partial charge in [0.15, 0.2) is 0 Å². The van der Waals surface area contributed by atoms with E-state index < -0.39 is 11.6 Å². The minimum atomic E-state index is -0.562. The zero-order valence-electron chi connectivity index (χ0n) is 10.5. The van der Waals surface area contributed by atoms with Crippen LogP contribution >= 0.6 is 15.9 Å². The molecule has 0 amide bonds. The number of hydrogen-bond acceptors (Lipinski definition) is 3. The summed E-state index contributed by atoms with van der Waals surface area (Å²) in [6.07, 6.45) is 2.98. The van der Waals surface area contributed by atoms with Gasteiger partial charge < -0.3 is 4.74 Å². The van der Waals surface area contributed by atoms with E-state index in [2.05, 4.69) is 21.4 Å². The standard InChI is InChI=1S/C13H17BrF2N2O/c14-11-3-4-12(15)10(13(11)16)7-8(18-17)6-9-2-1-5-19-9/h3-4,8-9,18H,1-2,5-7,17H2. The lowest BCUT2D eigenvalue weighted by molar-refractivity contribution is 0.0944. The van der Waals surface area contributed by atoms with Crippen LogP contribution in [0.1, 0.15) is 24.8 Å². The van der Waals surface area contributed by atoms with Crippen molar-refractivity contribution in [2.45, 2.75) is 37.8 Å². The van der Waals surface area contributed by atoms with Gasteiger partial charge in [0.25, 0.3) is 0 Å². The Hall–Kier alpha value is -0.560. The van der Waals surface area contributed by atoms with E-state index in [-0.39, 0.29) is 28.6 Å². The highest BCUT2D eigenvalue weighted by Crippen LogP contribution is 2.24. The van der Waals surface area contributed by atoms with Gasteiger partial charge in [-0.15, -0.1) is 0 Å². The summed E-state index contributed by atoms with van der Waals surface area (Å²) in [5.74, 6) is 4.36. The number of nitrogens with one attached hydrogen (secondary N) is 1. The molecule has 6 heteroatoms. The maximum absolute atomic E-state index is 13.9. The number of hydrogen-bond donors (Lipinski definition) is 2. The van der Waals surface area contributed by atoms with E-state index >= 15 is 0 Å². The van der Waals surface area contributed by atoms with Gasteiger partial charge in [-0.05, 0) is 53.7 Å². The fraction of sp³-hybridized carbons (Fsp3) is 0.538. The Morgan fingerprint density at radius 1 is 1.47 bits per heavy atom. The van der Waals surface area contributed by atoms with Crippen molar-refractivity contribution in [2.24, 2.45) is 5.84 Å². The number of benzene rings is 1. The van der Waals surface area contributed by atoms with Crippen LogP contribution < -0.4 is 11.3 Å². The van der Waals surface area contributed by atoms with Crippen LogP contribution in [0.3, 0.4) is 0 Å². The SMILES string of the molecule is NNC(Cc1c(F)ccc(Br)c1F)CC1CCCO1. The van der Waals surface area contributed by atoms with Gasteiger partial charge >= 0.3 is 0 Å². The minimum Gasteiger partial charge on any atom is -0.378 e. The molecule has 3 nitrogen and oxygen atoms in total. The fourth-order valence-corrected chi connectivity index (χ4v) is 2.73. The van der Waals surface area contributed by atoms with Crippen molar-refractivity contribution in [3.05, 3.63) is 33.8 Å². The second-order valence-electron chi connectivity index (χ2n) is 4.76. The molecule has 0 spiro atoms. The third-order valence-electron chi connectivity index (χ3n) is 3.40. The van der Waals surface area contributed by atoms with Crippen LogP contribution in [0.15, 0.2) is 16.6 Å². The number of nitrogens with two attached hydrogens (primary N) is 1. The van der Waals surface area contributed by atoms with Gasteiger partial charge in [0.1, 0.15) is 11.6 Å². The summed E-state index contributed by atoms with van der Waals surface area (Å²) in [5, 5.41) is 0. The Balaban J connectivity index is 2.07. The normalized spacial score (nSPS) is 20.7. The Kier molecular flexibility index (Phi) is 5.27. The molecule has 0 radical (unpaired) electrons. The summed E-state index contributed by atoms with van der Waals surface area (Å²) in [5.41, 5.74) is 2.67. The van der Waals surface area contributed by atoms with Crippen LogP contribution in [0.4, 0.5) is 8.78 Å². The van der Waals surface area contributed by atoms with Crippen molar-refractivity contribution in [3.63, 3.8) is 0 Å². The highest BCUT2D eigenvalue weighted by atomic mass is 79.9. The zero-order chi connectivity index (χ0) is 13.8. The molecular formula is C13H17BrF2N2O. The highest BCUT2D eigenvalue weighted by molar-refractivity contribution is 9.10. The van der Waals surface area contributed by atoms with E-state index in [1.807, 2.05) is 0 Å². The van der Waals surface area contributed by atoms with Gasteiger partial charge in [-0.3, -0.25) is 11.3 Å². The first-order chi connectivity index (χ1) is 9.11. The van der Waals surface area contributed by atoms with Crippen LogP contribution in [0.2, 0.25) is 0 Å². The molecule has 1 aliphatic rings. The van der Waals surface area contributed by atoms with Gasteiger partial charge in [0.05, 0.1) is 10.6 Å². The third-order valence-corrected chi connectivity index (χ3v) is 4.01. The fourth-order valence-electron chi connectivity index (χ4n) is 2.36. The molecule has 1 fully saturated rings. The smallest absolute Gasteiger partial charge is 0.143 e. The summed E-state index contributed by atoms with van der Waals surface area (Å²) >= 11 is 3.06. The monoisotopic (exact) mass is 334 g/mol. The van der Waals surface area contributed by atoms with Crippen molar-refractivity contribution in [1.29, 1.82) is 0 Å². The highest BCUT2D eigenvalue weighted by Gasteiger charge is 2.23. The number of hydrazine groups is 1. The topological polar surface area (TPSA) is 47.3 Å². The van der Waals surface area contributed by atoms with E-state index in [0.717, 1.165) is 19.4 Å². The predicted molar refractivity (Wildman–Crippen MR) is 72.5 cm³/mol. The van der Waals surface area contributed by atoms with Gasteiger partial charge in [-0.2, -0.15) is 0 Å². The average molecular weight is 335 g/mol. The molecule has 0 bridgehead atoms. The first kappa shape index (κ1) is 14.8. The van der Waals surface area contributed by atoms with E-state index in [1.165, 1.54) is 12.1 Å². The van der Waals surface area contributed by atoms with Crippen molar-refractivity contribution in [3.8, 4) is 0 Å². The van der Waals surface area contributed by atoms with Gasteiger partial charge in [0, 0.05) is 18.2 Å². The van der Waals surface area contributed by atoms with Gasteiger partial charge in [-0.1, -0.05) is 0 Å². The lowest BCUT2D eigenvalue weighted by Gasteiger charge is -2.20. The summed E-state index contributed by atoms with van der Waals surface area (Å²) in [6.45, 7) is 0.752. The molecule has 2 unspecified atom stereocenters. The Bertz CT molecular complexity index is 439. The number of ether oxygens (including phenoxy) is 1. The lowest BCUT2D eigenvalue weighted by Crippen LogP contribution is -2.39. The number of halogens is 3. The van der Waals surface area contributed by atoms with E-state index in [9.17, 15) is 8.78 Å². The van der Waals surface area contributed by atoms with Gasteiger partial charge in [0.2, 0.25) is 0 Å². The van der Waals surface area contributed by atoms with E-state index in [4.69, 9.17) is 10.6 Å². The average Bonchev–Trinajstić information content (AvgIpc) is 2.90. The molecule has 0 aromatic heterocycles. The maximum atomic E-state index is 13.9. The first-order valence-corrected chi connectivity index (χ1v) is 7.11. The lowest BCUT2D eigenvalue weighted by atomic mass is 9.99. The molecule has 106 valence electrons. The molecule has 2 rings (SSSR count). The summed E-state index contributed by atoms with van der Waals surface area (Å²) in [7, 11) is 0. The second-order valence-corrected chi connectivity index (χ2v) is 5.61. The molecule has 1 aromatic rings. The summed E-state index contributed by atoms with van der Waals surface area (Å²) in [6, 6.07) is 2.41. The molecular weight excluding hydrogens is 318 g/mol. The van der Waals surface area contributed by atoms with Crippen LogP contribution in [-0.2, 0) is 11.2 Å². The molecule has 1 aliphatic heterocycles. The molecule has 3 N–H and O–H groups in total. The van der Waals surface area contributed by atoms with Crippen molar-refractivity contribution in [1.82, 2.24) is 5.43 Å². The Morgan fingerprint density at radius 3 is 2.89 bits per heavy atom. The van der Waals surface area contributed by atoms with Crippen LogP contribution in [0.5, 0.6) is 0 Å². The molecule has 0 saturated carbocycles. The Labute approximate surface area is 119 Å². The summed E-state index contributed by atoms with van der Waals surface area (Å²) < 4.78 is 33.3. The molecule has 19 heavy (non-hydrogen) atoms. The molecule has 0 aliphatic carbocycles. The first-order valence-electron chi connectivity index (χ1n) is 6.32. The van der Waals surface area contributed by atoms with Crippen LogP contribution in [0.25, 0.3) is 0 Å². The number of rotatable bonds is 5. The maximum Gasteiger partial charge on any atom is 0.143 e. The third kappa shape index (κ3) is 3.72. The van der Waals surface area contributed by atoms with Crippen molar-refractivity contribution in [2.75, 3.05) is 6.61 Å². The molecule has 1 heterocycles. The summed E-state index contributed by atoms with van der Waals surface area (Å²) in [4.78, 5) is 0. The van der Waals surface area contributed by atoms with Crippen molar-refractivity contribution < 1.29 is 13.5 Å².